The Morgan fingerprint density at radius 1 is 1.12 bits per heavy atom. The molecule has 5 rings (SSSR count). The summed E-state index contributed by atoms with van der Waals surface area (Å²) in [6, 6.07) is 4.82. The van der Waals surface area contributed by atoms with Gasteiger partial charge in [0.1, 0.15) is 24.1 Å². The third-order valence-electron chi connectivity index (χ3n) is 7.25. The molecule has 1 aliphatic carbocycles. The van der Waals surface area contributed by atoms with Crippen LogP contribution in [-0.2, 0) is 25.5 Å². The minimum atomic E-state index is -2.77. The quantitative estimate of drug-likeness (QED) is 0.173. The van der Waals surface area contributed by atoms with Crippen molar-refractivity contribution < 1.29 is 43.9 Å². The molecule has 0 unspecified atom stereocenters. The number of hydrogen-bond acceptors (Lipinski definition) is 10. The predicted octanol–water partition coefficient (Wildman–Crippen LogP) is 1.76. The Morgan fingerprint density at radius 3 is 2.45 bits per heavy atom. The summed E-state index contributed by atoms with van der Waals surface area (Å²) in [5.41, 5.74) is -1.98. The first-order valence-corrected chi connectivity index (χ1v) is 13.0. The molecule has 3 heterocycles. The minimum absolute atomic E-state index is 0.0730. The summed E-state index contributed by atoms with van der Waals surface area (Å²) >= 11 is 6.16. The summed E-state index contributed by atoms with van der Waals surface area (Å²) < 4.78 is 25.9. The van der Waals surface area contributed by atoms with Crippen LogP contribution in [-0.4, -0.2) is 88.4 Å². The molecule has 214 valence electrons. The van der Waals surface area contributed by atoms with Gasteiger partial charge in [0.25, 0.3) is 5.60 Å². The van der Waals surface area contributed by atoms with Crippen molar-refractivity contribution in [3.63, 3.8) is 0 Å². The molecular formula is C25H27ClFN5O8. The summed E-state index contributed by atoms with van der Waals surface area (Å²) in [7, 11) is 0. The van der Waals surface area contributed by atoms with Crippen molar-refractivity contribution >= 4 is 40.5 Å². The SMILES string of the molecule is O=C(O)C(Cc1ccc(F)cc1)(OC[C@H]1O[C@@H](n2cnc3c(NC4CCCC4)nc(Cl)nc32)[C@H](O)[C@@H]1O)C(=O)O. The lowest BCUT2D eigenvalue weighted by Gasteiger charge is -2.27. The molecule has 0 spiro atoms. The van der Waals surface area contributed by atoms with E-state index in [4.69, 9.17) is 21.1 Å². The Morgan fingerprint density at radius 2 is 1.80 bits per heavy atom. The van der Waals surface area contributed by atoms with Gasteiger partial charge in [-0.15, -0.1) is 0 Å². The summed E-state index contributed by atoms with van der Waals surface area (Å²) in [4.78, 5) is 37.0. The number of fused-ring (bicyclic) bond motifs is 1. The predicted molar refractivity (Wildman–Crippen MR) is 136 cm³/mol. The summed E-state index contributed by atoms with van der Waals surface area (Å²) in [5, 5.41) is 44.3. The second kappa shape index (κ2) is 11.2. The highest BCUT2D eigenvalue weighted by Gasteiger charge is 2.51. The van der Waals surface area contributed by atoms with Crippen molar-refractivity contribution in [2.75, 3.05) is 11.9 Å². The van der Waals surface area contributed by atoms with Gasteiger partial charge < -0.3 is 35.2 Å². The van der Waals surface area contributed by atoms with E-state index in [1.54, 1.807) is 0 Å². The van der Waals surface area contributed by atoms with Crippen molar-refractivity contribution in [2.24, 2.45) is 0 Å². The van der Waals surface area contributed by atoms with E-state index in [2.05, 4.69) is 20.3 Å². The fourth-order valence-electron chi connectivity index (χ4n) is 5.07. The number of nitrogens with one attached hydrogen (secondary N) is 1. The Balaban J connectivity index is 1.36. The zero-order valence-electron chi connectivity index (χ0n) is 21.0. The molecule has 13 nitrogen and oxygen atoms in total. The summed E-state index contributed by atoms with van der Waals surface area (Å²) in [6.45, 7) is -0.703. The second-order valence-electron chi connectivity index (χ2n) is 9.89. The summed E-state index contributed by atoms with van der Waals surface area (Å²) in [5.74, 6) is -3.77. The number of nitrogens with zero attached hydrogens (tertiary/aromatic N) is 4. The second-order valence-corrected chi connectivity index (χ2v) is 10.2. The van der Waals surface area contributed by atoms with Gasteiger partial charge in [0.05, 0.1) is 12.9 Å². The van der Waals surface area contributed by atoms with Crippen LogP contribution in [0.1, 0.15) is 37.5 Å². The van der Waals surface area contributed by atoms with Crippen LogP contribution in [0.2, 0.25) is 5.28 Å². The number of carboxylic acid groups (broad SMARTS) is 2. The van der Waals surface area contributed by atoms with E-state index in [0.29, 0.717) is 11.3 Å². The summed E-state index contributed by atoms with van der Waals surface area (Å²) in [6.07, 6.45) is -0.850. The number of rotatable bonds is 10. The third kappa shape index (κ3) is 5.32. The number of anilines is 1. The fourth-order valence-corrected chi connectivity index (χ4v) is 5.23. The lowest BCUT2D eigenvalue weighted by atomic mass is 9.94. The molecule has 1 saturated carbocycles. The number of carbonyl (C=O) groups is 2. The first kappa shape index (κ1) is 28.1. The maximum absolute atomic E-state index is 13.3. The number of imidazole rings is 1. The van der Waals surface area contributed by atoms with Crippen LogP contribution in [0.25, 0.3) is 11.2 Å². The fraction of sp³-hybridized carbons (Fsp3) is 0.480. The molecule has 1 aliphatic heterocycles. The van der Waals surface area contributed by atoms with E-state index in [-0.39, 0.29) is 22.5 Å². The smallest absolute Gasteiger partial charge is 0.348 e. The van der Waals surface area contributed by atoms with Gasteiger partial charge in [0.15, 0.2) is 23.2 Å². The average Bonchev–Trinajstić information content (AvgIpc) is 3.64. The van der Waals surface area contributed by atoms with Gasteiger partial charge in [-0.2, -0.15) is 9.97 Å². The van der Waals surface area contributed by atoms with Crippen LogP contribution in [0.15, 0.2) is 30.6 Å². The van der Waals surface area contributed by atoms with E-state index in [1.165, 1.54) is 23.0 Å². The van der Waals surface area contributed by atoms with Gasteiger partial charge >= 0.3 is 11.9 Å². The van der Waals surface area contributed by atoms with Gasteiger partial charge in [0, 0.05) is 12.5 Å². The number of benzene rings is 1. The monoisotopic (exact) mass is 579 g/mol. The first-order chi connectivity index (χ1) is 19.1. The number of halogens is 2. The van der Waals surface area contributed by atoms with E-state index >= 15 is 0 Å². The van der Waals surface area contributed by atoms with Crippen LogP contribution < -0.4 is 5.32 Å². The van der Waals surface area contributed by atoms with Gasteiger partial charge in [-0.25, -0.2) is 19.0 Å². The molecule has 15 heteroatoms. The zero-order valence-corrected chi connectivity index (χ0v) is 21.7. The zero-order chi connectivity index (χ0) is 28.6. The Kier molecular flexibility index (Phi) is 7.88. The Hall–Kier alpha value is -3.43. The highest BCUT2D eigenvalue weighted by molar-refractivity contribution is 6.28. The molecule has 2 aromatic heterocycles. The van der Waals surface area contributed by atoms with Crippen LogP contribution in [0.3, 0.4) is 0 Å². The van der Waals surface area contributed by atoms with E-state index < -0.39 is 60.9 Å². The van der Waals surface area contributed by atoms with Gasteiger partial charge in [0.2, 0.25) is 5.28 Å². The van der Waals surface area contributed by atoms with Crippen LogP contribution in [0, 0.1) is 5.82 Å². The number of aliphatic hydroxyl groups excluding tert-OH is 2. The average molecular weight is 580 g/mol. The number of aromatic nitrogens is 4. The lowest BCUT2D eigenvalue weighted by Crippen LogP contribution is -2.52. The highest BCUT2D eigenvalue weighted by atomic mass is 35.5. The van der Waals surface area contributed by atoms with Crippen LogP contribution >= 0.6 is 11.6 Å². The largest absolute Gasteiger partial charge is 0.479 e. The van der Waals surface area contributed by atoms with E-state index in [0.717, 1.165) is 37.8 Å². The molecule has 0 radical (unpaired) electrons. The molecule has 1 saturated heterocycles. The van der Waals surface area contributed by atoms with Crippen molar-refractivity contribution in [3.8, 4) is 0 Å². The molecule has 0 amide bonds. The molecule has 2 fully saturated rings. The maximum atomic E-state index is 13.3. The van der Waals surface area contributed by atoms with Crippen LogP contribution in [0.4, 0.5) is 10.2 Å². The first-order valence-electron chi connectivity index (χ1n) is 12.6. The highest BCUT2D eigenvalue weighted by Crippen LogP contribution is 2.34. The molecule has 3 aromatic rings. The maximum Gasteiger partial charge on any atom is 0.348 e. The molecule has 0 bridgehead atoms. The Labute approximate surface area is 231 Å². The van der Waals surface area contributed by atoms with E-state index in [9.17, 15) is 34.4 Å². The molecule has 2 aliphatic rings. The van der Waals surface area contributed by atoms with Crippen molar-refractivity contribution in [1.29, 1.82) is 0 Å². The van der Waals surface area contributed by atoms with Gasteiger partial charge in [-0.1, -0.05) is 25.0 Å². The number of ether oxygens (including phenoxy) is 2. The van der Waals surface area contributed by atoms with E-state index in [1.807, 2.05) is 0 Å². The van der Waals surface area contributed by atoms with Crippen molar-refractivity contribution in [2.45, 2.75) is 68.3 Å². The Bertz CT molecular complexity index is 1390. The standard InChI is InChI=1S/C25H27ClFN5O8/c26-24-30-19(29-14-3-1-2-4-14)16-20(31-24)32(11-28-16)21-18(34)17(33)15(40-21)10-39-25(22(35)36,23(37)38)9-12-5-7-13(27)8-6-12/h5-8,11,14-15,17-18,21,33-34H,1-4,9-10H2,(H,35,36)(H,37,38)(H,29,30,31)/t15-,17-,18-,21-/m1/s1. The van der Waals surface area contributed by atoms with Crippen LogP contribution in [0.5, 0.6) is 0 Å². The molecule has 5 N–H and O–H groups in total. The number of carboxylic acids is 2. The molecule has 1 aromatic carbocycles. The molecule has 40 heavy (non-hydrogen) atoms. The molecule has 4 atom stereocenters. The number of aliphatic hydroxyl groups is 2. The number of hydrogen-bond donors (Lipinski definition) is 5. The normalized spacial score (nSPS) is 23.6. The number of aliphatic carboxylic acids is 2. The third-order valence-corrected chi connectivity index (χ3v) is 7.42. The minimum Gasteiger partial charge on any atom is -0.479 e. The van der Waals surface area contributed by atoms with Crippen molar-refractivity contribution in [3.05, 3.63) is 47.3 Å². The lowest BCUT2D eigenvalue weighted by molar-refractivity contribution is -0.190. The van der Waals surface area contributed by atoms with Gasteiger partial charge in [-0.3, -0.25) is 4.57 Å². The van der Waals surface area contributed by atoms with Crippen molar-refractivity contribution in [1.82, 2.24) is 19.5 Å². The molecular weight excluding hydrogens is 553 g/mol. The van der Waals surface area contributed by atoms with Gasteiger partial charge in [-0.05, 0) is 42.1 Å². The topological polar surface area (TPSA) is 189 Å².